The molecule has 21 heavy (non-hydrogen) atoms. The second-order valence-electron chi connectivity index (χ2n) is 5.15. The van der Waals surface area contributed by atoms with E-state index in [-0.39, 0.29) is 4.90 Å². The minimum atomic E-state index is -3.42. The predicted molar refractivity (Wildman–Crippen MR) is 86.5 cm³/mol. The highest BCUT2D eigenvalue weighted by atomic mass is 35.5. The average Bonchev–Trinajstić information content (AvgIpc) is 3.02. The topological polar surface area (TPSA) is 37.4 Å². The molecule has 0 radical (unpaired) electrons. The zero-order valence-corrected chi connectivity index (χ0v) is 13.8. The molecular formula is C15H16ClNO2S2. The maximum atomic E-state index is 12.6. The fourth-order valence-electron chi connectivity index (χ4n) is 2.68. The van der Waals surface area contributed by atoms with Gasteiger partial charge < -0.3 is 0 Å². The lowest BCUT2D eigenvalue weighted by Gasteiger charge is -2.30. The van der Waals surface area contributed by atoms with Gasteiger partial charge in [0.05, 0.1) is 4.90 Å². The van der Waals surface area contributed by atoms with Gasteiger partial charge in [0.2, 0.25) is 10.0 Å². The molecule has 3 nitrogen and oxygen atoms in total. The fraction of sp³-hybridized carbons (Fsp3) is 0.333. The molecule has 1 aliphatic rings. The van der Waals surface area contributed by atoms with Crippen molar-refractivity contribution in [3.63, 3.8) is 0 Å². The van der Waals surface area contributed by atoms with Crippen molar-refractivity contribution in [3.05, 3.63) is 51.7 Å². The number of rotatable bonds is 3. The van der Waals surface area contributed by atoms with E-state index in [2.05, 4.69) is 17.5 Å². The van der Waals surface area contributed by atoms with Gasteiger partial charge in [-0.05, 0) is 48.4 Å². The van der Waals surface area contributed by atoms with Gasteiger partial charge in [0.1, 0.15) is 0 Å². The number of sulfonamides is 1. The zero-order valence-electron chi connectivity index (χ0n) is 11.4. The van der Waals surface area contributed by atoms with Gasteiger partial charge in [-0.3, -0.25) is 0 Å². The summed E-state index contributed by atoms with van der Waals surface area (Å²) in [6, 6.07) is 10.7. The first kappa shape index (κ1) is 15.0. The molecule has 0 bridgehead atoms. The fourth-order valence-corrected chi connectivity index (χ4v) is 5.35. The molecule has 3 rings (SSSR count). The van der Waals surface area contributed by atoms with Crippen LogP contribution >= 0.6 is 22.9 Å². The Morgan fingerprint density at radius 1 is 1.14 bits per heavy atom. The SMILES string of the molecule is O=S(=O)(c1cccc(Cl)c1)N1CCC(c2cccs2)CC1. The van der Waals surface area contributed by atoms with Crippen molar-refractivity contribution in [1.82, 2.24) is 4.31 Å². The summed E-state index contributed by atoms with van der Waals surface area (Å²) in [5, 5.41) is 2.52. The Bertz CT molecular complexity index is 705. The monoisotopic (exact) mass is 341 g/mol. The summed E-state index contributed by atoms with van der Waals surface area (Å²) in [5.74, 6) is 0.482. The van der Waals surface area contributed by atoms with Gasteiger partial charge in [-0.1, -0.05) is 23.7 Å². The van der Waals surface area contributed by atoms with E-state index in [1.54, 1.807) is 33.8 Å². The molecule has 1 aromatic carbocycles. The Morgan fingerprint density at radius 2 is 1.90 bits per heavy atom. The lowest BCUT2D eigenvalue weighted by Crippen LogP contribution is -2.37. The third-order valence-corrected chi connectivity index (χ3v) is 7.00. The number of benzene rings is 1. The van der Waals surface area contributed by atoms with Crippen molar-refractivity contribution in [2.24, 2.45) is 0 Å². The molecule has 1 aromatic heterocycles. The number of hydrogen-bond donors (Lipinski definition) is 0. The summed E-state index contributed by atoms with van der Waals surface area (Å²) in [6.07, 6.45) is 1.75. The normalized spacial score (nSPS) is 18.0. The van der Waals surface area contributed by atoms with Crippen LogP contribution in [0.3, 0.4) is 0 Å². The molecule has 0 unspecified atom stereocenters. The number of piperidine rings is 1. The third-order valence-electron chi connectivity index (χ3n) is 3.83. The Labute approximate surface area is 134 Å². The van der Waals surface area contributed by atoms with Gasteiger partial charge in [-0.15, -0.1) is 11.3 Å². The first-order valence-electron chi connectivity index (χ1n) is 6.86. The lowest BCUT2D eigenvalue weighted by molar-refractivity contribution is 0.321. The summed E-state index contributed by atoms with van der Waals surface area (Å²) in [7, 11) is -3.42. The molecule has 2 aromatic rings. The van der Waals surface area contributed by atoms with E-state index < -0.39 is 10.0 Å². The van der Waals surface area contributed by atoms with Crippen LogP contribution in [0.1, 0.15) is 23.6 Å². The molecule has 112 valence electrons. The van der Waals surface area contributed by atoms with Crippen molar-refractivity contribution in [1.29, 1.82) is 0 Å². The Hall–Kier alpha value is -0.880. The molecule has 0 atom stereocenters. The zero-order chi connectivity index (χ0) is 14.9. The summed E-state index contributed by atoms with van der Waals surface area (Å²) in [5.41, 5.74) is 0. The Morgan fingerprint density at radius 3 is 2.52 bits per heavy atom. The van der Waals surface area contributed by atoms with Gasteiger partial charge in [-0.25, -0.2) is 8.42 Å². The molecule has 0 amide bonds. The molecule has 1 saturated heterocycles. The third kappa shape index (κ3) is 3.16. The molecule has 1 fully saturated rings. The number of hydrogen-bond acceptors (Lipinski definition) is 3. The van der Waals surface area contributed by atoms with Gasteiger partial charge in [0.25, 0.3) is 0 Å². The molecule has 2 heterocycles. The van der Waals surface area contributed by atoms with Crippen LogP contribution in [0.4, 0.5) is 0 Å². The molecular weight excluding hydrogens is 326 g/mol. The van der Waals surface area contributed by atoms with Crippen LogP contribution in [0.25, 0.3) is 0 Å². The highest BCUT2D eigenvalue weighted by molar-refractivity contribution is 7.89. The predicted octanol–water partition coefficient (Wildman–Crippen LogP) is 3.97. The summed E-state index contributed by atoms with van der Waals surface area (Å²) in [6.45, 7) is 1.13. The number of halogens is 1. The highest BCUT2D eigenvalue weighted by Crippen LogP contribution is 2.33. The van der Waals surface area contributed by atoms with E-state index in [0.717, 1.165) is 12.8 Å². The van der Waals surface area contributed by atoms with Gasteiger partial charge in [0.15, 0.2) is 0 Å². The van der Waals surface area contributed by atoms with Crippen LogP contribution in [0.2, 0.25) is 5.02 Å². The van der Waals surface area contributed by atoms with Crippen molar-refractivity contribution in [2.45, 2.75) is 23.7 Å². The van der Waals surface area contributed by atoms with Crippen LogP contribution < -0.4 is 0 Å². The number of thiophene rings is 1. The van der Waals surface area contributed by atoms with Gasteiger partial charge in [0, 0.05) is 23.0 Å². The maximum Gasteiger partial charge on any atom is 0.243 e. The molecule has 0 saturated carbocycles. The van der Waals surface area contributed by atoms with Gasteiger partial charge >= 0.3 is 0 Å². The van der Waals surface area contributed by atoms with E-state index in [0.29, 0.717) is 24.0 Å². The largest absolute Gasteiger partial charge is 0.243 e. The first-order valence-corrected chi connectivity index (χ1v) is 9.56. The average molecular weight is 342 g/mol. The summed E-state index contributed by atoms with van der Waals surface area (Å²) >= 11 is 7.65. The number of nitrogens with zero attached hydrogens (tertiary/aromatic N) is 1. The molecule has 0 aliphatic carbocycles. The minimum absolute atomic E-state index is 0.282. The van der Waals surface area contributed by atoms with E-state index in [4.69, 9.17) is 11.6 Å². The van der Waals surface area contributed by atoms with Gasteiger partial charge in [-0.2, -0.15) is 4.31 Å². The van der Waals surface area contributed by atoms with Crippen molar-refractivity contribution in [2.75, 3.05) is 13.1 Å². The molecule has 1 aliphatic heterocycles. The van der Waals surface area contributed by atoms with E-state index >= 15 is 0 Å². The molecule has 0 spiro atoms. The van der Waals surface area contributed by atoms with Crippen molar-refractivity contribution >= 4 is 33.0 Å². The van der Waals surface area contributed by atoms with Crippen molar-refractivity contribution < 1.29 is 8.42 Å². The standard InChI is InChI=1S/C15H16ClNO2S2/c16-13-3-1-4-14(11-13)21(18,19)17-8-6-12(7-9-17)15-5-2-10-20-15/h1-5,10-12H,6-9H2. The molecule has 6 heteroatoms. The van der Waals surface area contributed by atoms with Crippen LogP contribution in [0.15, 0.2) is 46.7 Å². The van der Waals surface area contributed by atoms with E-state index in [1.807, 2.05) is 0 Å². The smallest absolute Gasteiger partial charge is 0.207 e. The molecule has 0 N–H and O–H groups in total. The minimum Gasteiger partial charge on any atom is -0.207 e. The van der Waals surface area contributed by atoms with Crippen LogP contribution in [-0.4, -0.2) is 25.8 Å². The summed E-state index contributed by atoms with van der Waals surface area (Å²) < 4.78 is 26.8. The van der Waals surface area contributed by atoms with Crippen LogP contribution in [-0.2, 0) is 10.0 Å². The Balaban J connectivity index is 1.74. The van der Waals surface area contributed by atoms with Crippen LogP contribution in [0.5, 0.6) is 0 Å². The summed E-state index contributed by atoms with van der Waals surface area (Å²) in [4.78, 5) is 1.64. The van der Waals surface area contributed by atoms with E-state index in [9.17, 15) is 8.42 Å². The highest BCUT2D eigenvalue weighted by Gasteiger charge is 2.30. The van der Waals surface area contributed by atoms with Crippen molar-refractivity contribution in [3.8, 4) is 0 Å². The quantitative estimate of drug-likeness (QED) is 0.847. The Kier molecular flexibility index (Phi) is 4.36. The first-order chi connectivity index (χ1) is 10.1. The van der Waals surface area contributed by atoms with E-state index in [1.165, 1.54) is 10.9 Å². The van der Waals surface area contributed by atoms with Crippen LogP contribution in [0, 0.1) is 0 Å². The second-order valence-corrected chi connectivity index (χ2v) is 8.50. The maximum absolute atomic E-state index is 12.6. The second kappa shape index (κ2) is 6.08. The lowest BCUT2D eigenvalue weighted by atomic mass is 9.97.